The van der Waals surface area contributed by atoms with E-state index in [0.29, 0.717) is 23.3 Å². The van der Waals surface area contributed by atoms with Gasteiger partial charge in [0.25, 0.3) is 0 Å². The average Bonchev–Trinajstić information content (AvgIpc) is 2.63. The van der Waals surface area contributed by atoms with E-state index in [1.165, 1.54) is 12.1 Å². The number of aliphatic hydroxyl groups excluding tert-OH is 2. The fourth-order valence-electron chi connectivity index (χ4n) is 1.45. The van der Waals surface area contributed by atoms with Crippen LogP contribution in [-0.2, 0) is 10.1 Å². The molecule has 0 aliphatic rings. The second kappa shape index (κ2) is 17.2. The van der Waals surface area contributed by atoms with Crippen molar-refractivity contribution in [2.45, 2.75) is 12.2 Å². The van der Waals surface area contributed by atoms with Crippen LogP contribution in [0.3, 0.4) is 0 Å². The molecular weight excluding hydrogens is 464 g/mol. The Kier molecular flexibility index (Phi) is 18.9. The van der Waals surface area contributed by atoms with Gasteiger partial charge in [-0.05, 0) is 12.1 Å². The van der Waals surface area contributed by atoms with Crippen molar-refractivity contribution in [3.63, 3.8) is 0 Å². The van der Waals surface area contributed by atoms with E-state index in [4.69, 9.17) is 38.4 Å². The van der Waals surface area contributed by atoms with Gasteiger partial charge in [-0.25, -0.2) is 8.42 Å². The van der Waals surface area contributed by atoms with Crippen molar-refractivity contribution in [3.8, 4) is 11.5 Å². The van der Waals surface area contributed by atoms with Gasteiger partial charge in [-0.2, -0.15) is 0 Å². The van der Waals surface area contributed by atoms with Gasteiger partial charge in [0.15, 0.2) is 0 Å². The van der Waals surface area contributed by atoms with E-state index in [-0.39, 0.29) is 82.9 Å². The van der Waals surface area contributed by atoms with Crippen LogP contribution in [0.4, 0.5) is 0 Å². The van der Waals surface area contributed by atoms with Gasteiger partial charge in [0.1, 0.15) is 43.2 Å². The Balaban J connectivity index is 0. The monoisotopic (exact) mass is 485 g/mol. The molecule has 0 aliphatic heterocycles. The zero-order chi connectivity index (χ0) is 20.9. The van der Waals surface area contributed by atoms with Gasteiger partial charge in [0, 0.05) is 18.2 Å². The average molecular weight is 486 g/mol. The first-order chi connectivity index (χ1) is 12.6. The van der Waals surface area contributed by atoms with Crippen molar-refractivity contribution >= 4 is 39.6 Å². The van der Waals surface area contributed by atoms with Gasteiger partial charge < -0.3 is 30.0 Å². The number of rotatable bonds is 11. The molecule has 0 heterocycles. The normalized spacial score (nSPS) is 12.6. The number of aldehydes is 1. The summed E-state index contributed by atoms with van der Waals surface area (Å²) in [6, 6.07) is 4.58. The number of aliphatic hydroxyl groups is 2. The minimum atomic E-state index is -4.05. The zero-order valence-corrected chi connectivity index (χ0v) is 20.7. The molecule has 0 saturated carbocycles. The summed E-state index contributed by atoms with van der Waals surface area (Å²) in [5.41, 5.74) is 5.09. The van der Waals surface area contributed by atoms with Crippen LogP contribution in [0.25, 0.3) is 0 Å². The molecule has 9 nitrogen and oxygen atoms in total. The van der Waals surface area contributed by atoms with E-state index in [1.807, 2.05) is 0 Å². The quantitative estimate of drug-likeness (QED) is 0.128. The molecular formula is C15H22Cl2KNO8S. The Morgan fingerprint density at radius 3 is 1.75 bits per heavy atom. The van der Waals surface area contributed by atoms with Gasteiger partial charge in [-0.1, -0.05) is 0 Å². The van der Waals surface area contributed by atoms with Crippen LogP contribution < -0.4 is 66.6 Å². The number of carbonyl (C=O) groups is 1. The molecule has 2 atom stereocenters. The SMILES string of the molecule is NCCS(=O)(=O)[O-].O=Cc1cc(OCC(O)CCl)cc(OCC(O)CCl)c1.[K+]. The molecule has 0 fully saturated rings. The second-order valence-electron chi connectivity index (χ2n) is 5.14. The van der Waals surface area contributed by atoms with Crippen molar-refractivity contribution in [1.29, 1.82) is 0 Å². The van der Waals surface area contributed by atoms with Gasteiger partial charge in [-0.3, -0.25) is 4.79 Å². The number of nitrogens with two attached hydrogens (primary N) is 1. The summed E-state index contributed by atoms with van der Waals surface area (Å²) in [4.78, 5) is 10.8. The number of alkyl halides is 2. The van der Waals surface area contributed by atoms with Crippen molar-refractivity contribution in [3.05, 3.63) is 23.8 Å². The predicted molar refractivity (Wildman–Crippen MR) is 99.9 cm³/mol. The number of benzene rings is 1. The molecule has 0 aliphatic carbocycles. The molecule has 0 amide bonds. The largest absolute Gasteiger partial charge is 1.00 e. The standard InChI is InChI=1S/C13H16Cl2O5.C2H7NO3S.K/c14-4-10(17)7-19-12-1-9(6-16)2-13(3-12)20-8-11(18)5-15;3-1-2-7(4,5)6;/h1-3,6,10-11,17-18H,4-5,7-8H2;1-3H2,(H,4,5,6);/q;;+1/p-1. The molecule has 156 valence electrons. The number of hydrogen-bond acceptors (Lipinski definition) is 9. The predicted octanol–water partition coefficient (Wildman–Crippen LogP) is -3.05. The molecule has 1 aromatic rings. The molecule has 0 bridgehead atoms. The van der Waals surface area contributed by atoms with Crippen LogP contribution >= 0.6 is 23.2 Å². The number of hydrogen-bond donors (Lipinski definition) is 3. The molecule has 0 aromatic heterocycles. The summed E-state index contributed by atoms with van der Waals surface area (Å²) >= 11 is 10.9. The Labute approximate surface area is 216 Å². The van der Waals surface area contributed by atoms with Crippen LogP contribution in [0.15, 0.2) is 18.2 Å². The third-order valence-corrected chi connectivity index (χ3v) is 4.10. The Morgan fingerprint density at radius 2 is 1.50 bits per heavy atom. The second-order valence-corrected chi connectivity index (χ2v) is 7.29. The molecule has 4 N–H and O–H groups in total. The minimum absolute atomic E-state index is 0. The van der Waals surface area contributed by atoms with E-state index >= 15 is 0 Å². The van der Waals surface area contributed by atoms with Gasteiger partial charge in [0.2, 0.25) is 0 Å². The minimum Gasteiger partial charge on any atom is -0.748 e. The number of ether oxygens (including phenoxy) is 2. The smallest absolute Gasteiger partial charge is 0.748 e. The topological polar surface area (TPSA) is 159 Å². The molecule has 1 rings (SSSR count). The van der Waals surface area contributed by atoms with Crippen LogP contribution in [0.1, 0.15) is 10.4 Å². The molecule has 13 heteroatoms. The van der Waals surface area contributed by atoms with Crippen LogP contribution in [0, 0.1) is 0 Å². The van der Waals surface area contributed by atoms with E-state index in [0.717, 1.165) is 0 Å². The van der Waals surface area contributed by atoms with Crippen LogP contribution in [-0.4, -0.2) is 78.9 Å². The maximum absolute atomic E-state index is 10.8. The summed E-state index contributed by atoms with van der Waals surface area (Å²) < 4.78 is 39.4. The third-order valence-electron chi connectivity index (χ3n) is 2.65. The molecule has 1 aromatic carbocycles. The van der Waals surface area contributed by atoms with Crippen molar-refractivity contribution in [2.24, 2.45) is 5.73 Å². The van der Waals surface area contributed by atoms with Gasteiger partial charge in [-0.15, -0.1) is 23.2 Å². The van der Waals surface area contributed by atoms with Crippen LogP contribution in [0.2, 0.25) is 0 Å². The maximum atomic E-state index is 10.8. The third kappa shape index (κ3) is 16.3. The van der Waals surface area contributed by atoms with Gasteiger partial charge in [0.05, 0.1) is 27.6 Å². The van der Waals surface area contributed by atoms with Crippen molar-refractivity contribution in [2.75, 3.05) is 37.3 Å². The van der Waals surface area contributed by atoms with E-state index in [2.05, 4.69) is 0 Å². The Bertz CT molecular complexity index is 633. The zero-order valence-electron chi connectivity index (χ0n) is 15.3. The summed E-state index contributed by atoms with van der Waals surface area (Å²) in [6.07, 6.45) is -0.937. The van der Waals surface area contributed by atoms with E-state index < -0.39 is 28.1 Å². The maximum Gasteiger partial charge on any atom is 1.00 e. The molecule has 0 saturated heterocycles. The molecule has 2 unspecified atom stereocenters. The van der Waals surface area contributed by atoms with E-state index in [9.17, 15) is 28.0 Å². The first-order valence-corrected chi connectivity index (χ1v) is 10.3. The summed E-state index contributed by atoms with van der Waals surface area (Å²) in [6.45, 7) is -0.0725. The first-order valence-electron chi connectivity index (χ1n) is 7.62. The van der Waals surface area contributed by atoms with Crippen LogP contribution in [0.5, 0.6) is 11.5 Å². The van der Waals surface area contributed by atoms with E-state index in [1.54, 1.807) is 6.07 Å². The molecule has 28 heavy (non-hydrogen) atoms. The molecule has 0 radical (unpaired) electrons. The number of halogens is 2. The summed E-state index contributed by atoms with van der Waals surface area (Å²) in [5, 5.41) is 18.6. The van der Waals surface area contributed by atoms with Crippen molar-refractivity contribution in [1.82, 2.24) is 0 Å². The Hall–Kier alpha value is 0.496. The summed E-state index contributed by atoms with van der Waals surface area (Å²) in [5.74, 6) is 0.382. The fourth-order valence-corrected chi connectivity index (χ4v) is 1.91. The Morgan fingerprint density at radius 1 is 1.07 bits per heavy atom. The van der Waals surface area contributed by atoms with Gasteiger partial charge >= 0.3 is 51.4 Å². The molecule has 0 spiro atoms. The first kappa shape index (κ1) is 30.7. The fraction of sp³-hybridized carbons (Fsp3) is 0.533. The number of carbonyl (C=O) groups excluding carboxylic acids is 1. The van der Waals surface area contributed by atoms with Crippen molar-refractivity contribution < 1.29 is 88.8 Å². The summed E-state index contributed by atoms with van der Waals surface area (Å²) in [7, 11) is -4.05.